The van der Waals surface area contributed by atoms with E-state index in [0.717, 1.165) is 0 Å². The molecule has 1 heterocycles. The zero-order valence-electron chi connectivity index (χ0n) is 16.1. The Kier molecular flexibility index (Phi) is 5.55. The highest BCUT2D eigenvalue weighted by molar-refractivity contribution is 7.85. The fourth-order valence-corrected chi connectivity index (χ4v) is 5.20. The van der Waals surface area contributed by atoms with Gasteiger partial charge in [-0.3, -0.25) is 4.21 Å². The fourth-order valence-electron chi connectivity index (χ4n) is 3.62. The second-order valence-corrected chi connectivity index (χ2v) is 9.00. The van der Waals surface area contributed by atoms with Crippen molar-refractivity contribution in [3.8, 4) is 0 Å². The molecule has 0 saturated carbocycles. The smallest absolute Gasteiger partial charge is 0.211 e. The SMILES string of the molecule is C[C@@]1(O)OOC(c2ccc(F)cc2)(c2ccc(F)cc2)C[C@@H]1S(=O)c1ccccc1. The van der Waals surface area contributed by atoms with Crippen LogP contribution in [0.1, 0.15) is 24.5 Å². The van der Waals surface area contributed by atoms with E-state index < -0.39 is 39.1 Å². The van der Waals surface area contributed by atoms with Crippen molar-refractivity contribution in [3.05, 3.63) is 102 Å². The number of rotatable bonds is 4. The second kappa shape index (κ2) is 8.00. The molecule has 1 unspecified atom stereocenters. The Labute approximate surface area is 175 Å². The Balaban J connectivity index is 1.83. The lowest BCUT2D eigenvalue weighted by Gasteiger charge is -2.45. The predicted molar refractivity (Wildman–Crippen MR) is 108 cm³/mol. The molecular weight excluding hydrogens is 410 g/mol. The molecule has 30 heavy (non-hydrogen) atoms. The van der Waals surface area contributed by atoms with Crippen LogP contribution in [0.4, 0.5) is 8.78 Å². The van der Waals surface area contributed by atoms with Crippen molar-refractivity contribution in [3.63, 3.8) is 0 Å². The number of hydrogen-bond acceptors (Lipinski definition) is 4. The monoisotopic (exact) mass is 430 g/mol. The number of aliphatic hydroxyl groups is 1. The molecule has 3 atom stereocenters. The highest BCUT2D eigenvalue weighted by Gasteiger charge is 2.53. The van der Waals surface area contributed by atoms with Crippen molar-refractivity contribution in [1.29, 1.82) is 0 Å². The summed E-state index contributed by atoms with van der Waals surface area (Å²) in [5.41, 5.74) is -0.263. The van der Waals surface area contributed by atoms with Crippen molar-refractivity contribution < 1.29 is 27.9 Å². The molecule has 4 rings (SSSR count). The van der Waals surface area contributed by atoms with Crippen LogP contribution in [-0.4, -0.2) is 20.4 Å². The molecule has 3 aromatic carbocycles. The minimum Gasteiger partial charge on any atom is -0.363 e. The standard InChI is InChI=1S/C23H20F2O4S/c1-22(26)21(30(27)20-5-3-2-4-6-20)15-23(29-28-22,16-7-11-18(24)12-8-16)17-9-13-19(25)14-10-17/h2-14,21,26H,15H2,1H3/t21-,22+,30?/m0/s1. The molecular formula is C23H20F2O4S. The normalized spacial score (nSPS) is 24.3. The van der Waals surface area contributed by atoms with Crippen LogP contribution in [0.2, 0.25) is 0 Å². The Morgan fingerprint density at radius 3 is 1.87 bits per heavy atom. The first-order valence-corrected chi connectivity index (χ1v) is 10.6. The quantitative estimate of drug-likeness (QED) is 0.622. The van der Waals surface area contributed by atoms with Gasteiger partial charge in [-0.1, -0.05) is 42.5 Å². The zero-order chi connectivity index (χ0) is 21.4. The van der Waals surface area contributed by atoms with Crippen LogP contribution in [0, 0.1) is 11.6 Å². The van der Waals surface area contributed by atoms with E-state index >= 15 is 0 Å². The molecule has 1 aliphatic rings. The number of halogens is 2. The third-order valence-electron chi connectivity index (χ3n) is 5.28. The summed E-state index contributed by atoms with van der Waals surface area (Å²) >= 11 is 0. The average molecular weight is 430 g/mol. The van der Waals surface area contributed by atoms with E-state index in [9.17, 15) is 18.1 Å². The van der Waals surface area contributed by atoms with Crippen molar-refractivity contribution >= 4 is 10.8 Å². The minimum atomic E-state index is -1.84. The van der Waals surface area contributed by atoms with Crippen LogP contribution < -0.4 is 0 Å². The molecule has 3 aromatic rings. The summed E-state index contributed by atoms with van der Waals surface area (Å²) in [5, 5.41) is 9.93. The molecule has 1 N–H and O–H groups in total. The summed E-state index contributed by atoms with van der Waals surface area (Å²) in [4.78, 5) is 11.6. The molecule has 1 saturated heterocycles. The predicted octanol–water partition coefficient (Wildman–Crippen LogP) is 4.45. The lowest BCUT2D eigenvalue weighted by molar-refractivity contribution is -0.475. The van der Waals surface area contributed by atoms with Gasteiger partial charge in [0.25, 0.3) is 0 Å². The Morgan fingerprint density at radius 2 is 1.37 bits per heavy atom. The van der Waals surface area contributed by atoms with Gasteiger partial charge in [0.1, 0.15) is 11.6 Å². The van der Waals surface area contributed by atoms with Crippen LogP contribution in [0.15, 0.2) is 83.8 Å². The zero-order valence-corrected chi connectivity index (χ0v) is 16.9. The highest BCUT2D eigenvalue weighted by Crippen LogP contribution is 2.46. The first-order chi connectivity index (χ1) is 14.3. The Bertz CT molecular complexity index is 992. The van der Waals surface area contributed by atoms with Gasteiger partial charge in [0.05, 0.1) is 16.0 Å². The summed E-state index contributed by atoms with van der Waals surface area (Å²) in [5.74, 6) is -2.70. The van der Waals surface area contributed by atoms with Gasteiger partial charge >= 0.3 is 0 Å². The molecule has 0 bridgehead atoms. The van der Waals surface area contributed by atoms with E-state index in [1.165, 1.54) is 55.5 Å². The van der Waals surface area contributed by atoms with E-state index in [-0.39, 0.29) is 6.42 Å². The van der Waals surface area contributed by atoms with Crippen molar-refractivity contribution in [2.24, 2.45) is 0 Å². The van der Waals surface area contributed by atoms with E-state index in [2.05, 4.69) is 0 Å². The molecule has 0 aliphatic carbocycles. The van der Waals surface area contributed by atoms with E-state index in [1.807, 2.05) is 0 Å². The van der Waals surface area contributed by atoms with E-state index in [0.29, 0.717) is 16.0 Å². The maximum Gasteiger partial charge on any atom is 0.211 e. The molecule has 1 fully saturated rings. The summed E-state index contributed by atoms with van der Waals surface area (Å²) < 4.78 is 40.5. The van der Waals surface area contributed by atoms with Gasteiger partial charge in [0.15, 0.2) is 5.60 Å². The molecule has 7 heteroatoms. The van der Waals surface area contributed by atoms with Gasteiger partial charge in [0, 0.05) is 11.3 Å². The van der Waals surface area contributed by atoms with Crippen molar-refractivity contribution in [2.45, 2.75) is 34.9 Å². The average Bonchev–Trinajstić information content (AvgIpc) is 2.75. The molecule has 4 nitrogen and oxygen atoms in total. The largest absolute Gasteiger partial charge is 0.363 e. The van der Waals surface area contributed by atoms with Gasteiger partial charge < -0.3 is 5.11 Å². The lowest BCUT2D eigenvalue weighted by atomic mass is 9.80. The third-order valence-corrected chi connectivity index (χ3v) is 7.14. The molecule has 0 amide bonds. The lowest BCUT2D eigenvalue weighted by Crippen LogP contribution is -2.55. The van der Waals surface area contributed by atoms with Crippen LogP contribution in [-0.2, 0) is 26.2 Å². The first-order valence-electron chi connectivity index (χ1n) is 9.39. The van der Waals surface area contributed by atoms with E-state index in [1.54, 1.807) is 30.3 Å². The summed E-state index contributed by atoms with van der Waals surface area (Å²) in [7, 11) is -1.65. The van der Waals surface area contributed by atoms with Gasteiger partial charge in [-0.15, -0.1) is 0 Å². The second-order valence-electron chi connectivity index (χ2n) is 7.37. The maximum absolute atomic E-state index is 13.6. The van der Waals surface area contributed by atoms with Gasteiger partial charge in [-0.2, -0.15) is 4.89 Å². The number of benzene rings is 3. The van der Waals surface area contributed by atoms with Gasteiger partial charge in [-0.05, 0) is 54.4 Å². The third kappa shape index (κ3) is 3.81. The van der Waals surface area contributed by atoms with E-state index in [4.69, 9.17) is 9.78 Å². The van der Waals surface area contributed by atoms with Crippen LogP contribution >= 0.6 is 0 Å². The van der Waals surface area contributed by atoms with Crippen LogP contribution in [0.5, 0.6) is 0 Å². The molecule has 0 radical (unpaired) electrons. The Hall–Kier alpha value is -2.45. The minimum absolute atomic E-state index is 0.0543. The van der Waals surface area contributed by atoms with Crippen LogP contribution in [0.3, 0.4) is 0 Å². The summed E-state index contributed by atoms with van der Waals surface area (Å²) in [6.07, 6.45) is 0.0543. The van der Waals surface area contributed by atoms with Crippen LogP contribution in [0.25, 0.3) is 0 Å². The van der Waals surface area contributed by atoms with Crippen molar-refractivity contribution in [2.75, 3.05) is 0 Å². The summed E-state index contributed by atoms with van der Waals surface area (Å²) in [6.45, 7) is 1.39. The maximum atomic E-state index is 13.6. The molecule has 1 aliphatic heterocycles. The summed E-state index contributed by atoms with van der Waals surface area (Å²) in [6, 6.07) is 20.0. The molecule has 0 spiro atoms. The highest BCUT2D eigenvalue weighted by atomic mass is 32.2. The van der Waals surface area contributed by atoms with Crippen molar-refractivity contribution in [1.82, 2.24) is 0 Å². The van der Waals surface area contributed by atoms with Gasteiger partial charge in [-0.25, -0.2) is 13.7 Å². The van der Waals surface area contributed by atoms with Gasteiger partial charge in [0.2, 0.25) is 5.79 Å². The molecule has 156 valence electrons. The molecule has 0 aromatic heterocycles. The Morgan fingerprint density at radius 1 is 0.867 bits per heavy atom. The first kappa shape index (κ1) is 20.8. The fraction of sp³-hybridized carbons (Fsp3) is 0.217. The topological polar surface area (TPSA) is 55.8 Å². The number of hydrogen-bond donors (Lipinski definition) is 1.